The summed E-state index contributed by atoms with van der Waals surface area (Å²) in [7, 11) is 4.19. The molecule has 1 aliphatic heterocycles. The molecule has 14 heteroatoms. The van der Waals surface area contributed by atoms with Crippen LogP contribution in [0.25, 0.3) is 0 Å². The Bertz CT molecular complexity index is 1770. The van der Waals surface area contributed by atoms with Crippen LogP contribution < -0.4 is 19.5 Å². The molecule has 0 unspecified atom stereocenters. The number of ether oxygens (including phenoxy) is 7. The van der Waals surface area contributed by atoms with Crippen LogP contribution in [0.1, 0.15) is 81.4 Å². The molecule has 1 aliphatic rings. The third-order valence-electron chi connectivity index (χ3n) is 8.28. The molecule has 2 atom stereocenters. The van der Waals surface area contributed by atoms with Crippen LogP contribution in [0.15, 0.2) is 48.5 Å². The molecular formula is C39H47FN2O11. The summed E-state index contributed by atoms with van der Waals surface area (Å²) in [6.07, 6.45) is -0.606. The molecule has 2 amide bonds. The predicted octanol–water partition coefficient (Wildman–Crippen LogP) is 6.00. The van der Waals surface area contributed by atoms with E-state index in [1.54, 1.807) is 32.9 Å². The normalized spacial score (nSPS) is 15.9. The number of likely N-dealkylation sites (tertiary alicyclic amines) is 1. The molecule has 1 N–H and O–H groups in total. The zero-order chi connectivity index (χ0) is 38.9. The third-order valence-corrected chi connectivity index (χ3v) is 8.28. The van der Waals surface area contributed by atoms with Crippen LogP contribution in [0.5, 0.6) is 17.2 Å². The average Bonchev–Trinajstić information content (AvgIpc) is 3.31. The standard InChI is InChI=1S/C39H47FN2O11/c1-23-18-27(19-24(2)35(23)51-22-48-7)36(44)41-28-20-42(38(46)53-39(3,4)5)17-9-10-29(28)52-37(45)26-13-11-25(12-14-26)34(43)32-30(50-21-47-6)15-16-31(49-8)33(32)40/h11-16,18-19,28-29H,9-10,17,20-22H2,1-8H3,(H,41,44)/t28-,29-/m1/s1. The van der Waals surface area contributed by atoms with E-state index in [-0.39, 0.29) is 48.3 Å². The molecule has 0 saturated carbocycles. The molecule has 3 aromatic rings. The number of rotatable bonds is 13. The number of ketones is 1. The number of carbonyl (C=O) groups is 4. The highest BCUT2D eigenvalue weighted by molar-refractivity contribution is 6.11. The van der Waals surface area contributed by atoms with Gasteiger partial charge in [-0.1, -0.05) is 12.1 Å². The van der Waals surface area contributed by atoms with Crippen molar-refractivity contribution in [3.8, 4) is 17.2 Å². The van der Waals surface area contributed by atoms with Crippen molar-refractivity contribution in [3.05, 3.63) is 87.7 Å². The van der Waals surface area contributed by atoms with Crippen molar-refractivity contribution in [2.45, 2.75) is 65.2 Å². The smallest absolute Gasteiger partial charge is 0.410 e. The number of hydrogen-bond donors (Lipinski definition) is 1. The Labute approximate surface area is 308 Å². The summed E-state index contributed by atoms with van der Waals surface area (Å²) in [5.74, 6) is -2.35. The van der Waals surface area contributed by atoms with Gasteiger partial charge < -0.3 is 43.4 Å². The third kappa shape index (κ3) is 10.4. The van der Waals surface area contributed by atoms with Crippen molar-refractivity contribution in [2.75, 3.05) is 48.0 Å². The zero-order valence-corrected chi connectivity index (χ0v) is 31.3. The van der Waals surface area contributed by atoms with Gasteiger partial charge in [-0.2, -0.15) is 0 Å². The Balaban J connectivity index is 1.57. The van der Waals surface area contributed by atoms with Gasteiger partial charge in [-0.05, 0) is 95.0 Å². The Hall–Kier alpha value is -5.21. The molecule has 1 saturated heterocycles. The number of nitrogens with zero attached hydrogens (tertiary/aromatic N) is 1. The van der Waals surface area contributed by atoms with Gasteiger partial charge in [0.05, 0.1) is 18.7 Å². The first kappa shape index (κ1) is 40.6. The first-order valence-corrected chi connectivity index (χ1v) is 17.0. The number of amides is 2. The van der Waals surface area contributed by atoms with E-state index in [0.29, 0.717) is 30.7 Å². The molecule has 0 spiro atoms. The lowest BCUT2D eigenvalue weighted by Gasteiger charge is -2.30. The van der Waals surface area contributed by atoms with Gasteiger partial charge in [-0.3, -0.25) is 9.59 Å². The number of nitrogens with one attached hydrogen (secondary N) is 1. The van der Waals surface area contributed by atoms with Gasteiger partial charge in [-0.15, -0.1) is 0 Å². The van der Waals surface area contributed by atoms with E-state index in [4.69, 9.17) is 33.2 Å². The maximum atomic E-state index is 15.3. The number of methoxy groups -OCH3 is 3. The zero-order valence-electron chi connectivity index (χ0n) is 31.3. The molecule has 4 rings (SSSR count). The number of halogens is 1. The number of carbonyl (C=O) groups excluding carboxylic acids is 4. The van der Waals surface area contributed by atoms with E-state index in [1.807, 2.05) is 13.8 Å². The fourth-order valence-corrected chi connectivity index (χ4v) is 5.84. The van der Waals surface area contributed by atoms with E-state index < -0.39 is 47.3 Å². The van der Waals surface area contributed by atoms with Crippen LogP contribution in [-0.4, -0.2) is 94.4 Å². The van der Waals surface area contributed by atoms with Crippen molar-refractivity contribution < 1.29 is 56.7 Å². The highest BCUT2D eigenvalue weighted by Gasteiger charge is 2.35. The molecule has 13 nitrogen and oxygen atoms in total. The molecule has 286 valence electrons. The Morgan fingerprint density at radius 2 is 1.45 bits per heavy atom. The minimum Gasteiger partial charge on any atom is -0.494 e. The summed E-state index contributed by atoms with van der Waals surface area (Å²) in [6.45, 7) is 9.07. The van der Waals surface area contributed by atoms with Gasteiger partial charge in [-0.25, -0.2) is 14.0 Å². The van der Waals surface area contributed by atoms with Crippen LogP contribution in [0, 0.1) is 19.7 Å². The first-order chi connectivity index (χ1) is 25.2. The second-order valence-electron chi connectivity index (χ2n) is 13.5. The summed E-state index contributed by atoms with van der Waals surface area (Å²) >= 11 is 0. The number of benzene rings is 3. The SMILES string of the molecule is COCOc1ccc(OC)c(F)c1C(=O)c1ccc(C(=O)O[C@@H]2CCCN(C(=O)OC(C)(C)C)C[C@H]2NC(=O)c2cc(C)c(OCOC)c(C)c2)cc1. The molecule has 0 radical (unpaired) electrons. The van der Waals surface area contributed by atoms with Gasteiger partial charge in [0, 0.05) is 38.4 Å². The Kier molecular flexibility index (Phi) is 13.8. The van der Waals surface area contributed by atoms with Gasteiger partial charge in [0.1, 0.15) is 28.8 Å². The predicted molar refractivity (Wildman–Crippen MR) is 191 cm³/mol. The van der Waals surface area contributed by atoms with Crippen molar-refractivity contribution >= 4 is 23.8 Å². The summed E-state index contributed by atoms with van der Waals surface area (Å²) in [5.41, 5.74) is 0.882. The van der Waals surface area contributed by atoms with Gasteiger partial charge in [0.25, 0.3) is 5.91 Å². The Morgan fingerprint density at radius 1 is 0.849 bits per heavy atom. The highest BCUT2D eigenvalue weighted by Crippen LogP contribution is 2.32. The van der Waals surface area contributed by atoms with Crippen LogP contribution in [-0.2, 0) is 18.9 Å². The summed E-state index contributed by atoms with van der Waals surface area (Å²) in [4.78, 5) is 55.3. The van der Waals surface area contributed by atoms with Crippen LogP contribution in [0.2, 0.25) is 0 Å². The average molecular weight is 739 g/mol. The fourth-order valence-electron chi connectivity index (χ4n) is 5.84. The summed E-state index contributed by atoms with van der Waals surface area (Å²) < 4.78 is 52.9. The summed E-state index contributed by atoms with van der Waals surface area (Å²) in [5, 5.41) is 2.98. The van der Waals surface area contributed by atoms with Crippen LogP contribution in [0.3, 0.4) is 0 Å². The minimum atomic E-state index is -0.905. The molecule has 0 aromatic heterocycles. The fraction of sp³-hybridized carbons (Fsp3) is 0.436. The lowest BCUT2D eigenvalue weighted by Crippen LogP contribution is -2.51. The van der Waals surface area contributed by atoms with Crippen molar-refractivity contribution in [3.63, 3.8) is 0 Å². The molecule has 0 bridgehead atoms. The summed E-state index contributed by atoms with van der Waals surface area (Å²) in [6, 6.07) is 10.8. The van der Waals surface area contributed by atoms with Crippen molar-refractivity contribution in [2.24, 2.45) is 0 Å². The lowest BCUT2D eigenvalue weighted by molar-refractivity contribution is 0.0127. The van der Waals surface area contributed by atoms with Crippen molar-refractivity contribution in [1.82, 2.24) is 10.2 Å². The Morgan fingerprint density at radius 3 is 2.06 bits per heavy atom. The molecule has 1 fully saturated rings. The van der Waals surface area contributed by atoms with Crippen molar-refractivity contribution in [1.29, 1.82) is 0 Å². The van der Waals surface area contributed by atoms with Crippen LogP contribution in [0.4, 0.5) is 9.18 Å². The van der Waals surface area contributed by atoms with Crippen LogP contribution >= 0.6 is 0 Å². The van der Waals surface area contributed by atoms with E-state index >= 15 is 4.39 Å². The van der Waals surface area contributed by atoms with Gasteiger partial charge in [0.15, 0.2) is 30.9 Å². The molecule has 0 aliphatic carbocycles. The second kappa shape index (κ2) is 18.0. The second-order valence-corrected chi connectivity index (χ2v) is 13.5. The highest BCUT2D eigenvalue weighted by atomic mass is 19.1. The largest absolute Gasteiger partial charge is 0.494 e. The van der Waals surface area contributed by atoms with E-state index in [0.717, 1.165) is 11.1 Å². The minimum absolute atomic E-state index is 0.0125. The number of hydrogen-bond acceptors (Lipinski definition) is 11. The number of aryl methyl sites for hydroxylation is 2. The molecule has 1 heterocycles. The molecule has 53 heavy (non-hydrogen) atoms. The number of esters is 1. The quantitative estimate of drug-likeness (QED) is 0.125. The van der Waals surface area contributed by atoms with E-state index in [2.05, 4.69) is 5.32 Å². The van der Waals surface area contributed by atoms with E-state index in [1.165, 1.54) is 62.6 Å². The molecular weight excluding hydrogens is 691 g/mol. The van der Waals surface area contributed by atoms with E-state index in [9.17, 15) is 19.2 Å². The maximum Gasteiger partial charge on any atom is 0.410 e. The first-order valence-electron chi connectivity index (χ1n) is 17.0. The molecule has 3 aromatic carbocycles. The topological polar surface area (TPSA) is 148 Å². The van der Waals surface area contributed by atoms with Gasteiger partial charge >= 0.3 is 12.1 Å². The maximum absolute atomic E-state index is 15.3. The van der Waals surface area contributed by atoms with Gasteiger partial charge in [0.2, 0.25) is 0 Å². The monoisotopic (exact) mass is 738 g/mol. The lowest BCUT2D eigenvalue weighted by atomic mass is 10.00.